The topological polar surface area (TPSA) is 527 Å². The molecule has 0 atom stereocenters. The Bertz CT molecular complexity index is 218. The first-order valence-electron chi connectivity index (χ1n) is 1.40. The number of hydrogen-bond acceptors (Lipinski definition) is 4. The van der Waals surface area contributed by atoms with Crippen molar-refractivity contribution in [1.82, 2.24) is 0 Å². The van der Waals surface area contributed by atoms with Crippen molar-refractivity contribution in [2.45, 2.75) is 0 Å². The normalized spacial score (nSPS) is 4.83. The van der Waals surface area contributed by atoms with E-state index in [9.17, 15) is 0 Å². The van der Waals surface area contributed by atoms with Crippen molar-refractivity contribution in [2.24, 2.45) is 0 Å². The summed E-state index contributed by atoms with van der Waals surface area (Å²) in [6.07, 6.45) is 0. The van der Waals surface area contributed by atoms with Gasteiger partial charge in [-0.05, 0) is 0 Å². The minimum Gasteiger partial charge on any atom is -0.412 e. The van der Waals surface area contributed by atoms with Crippen molar-refractivity contribution in [3.8, 4) is 0 Å². The monoisotopic (exact) mass is 572 g/mol. The second-order valence-corrected chi connectivity index (χ2v) is 2.69. The summed E-state index contributed by atoms with van der Waals surface area (Å²) in [5.41, 5.74) is 0. The third kappa shape index (κ3) is 3660. The maximum atomic E-state index is 8.74. The van der Waals surface area contributed by atoms with Crippen molar-refractivity contribution < 1.29 is 101 Å². The molecular weight excluding hydrogens is 544 g/mol. The van der Waals surface area contributed by atoms with Gasteiger partial charge in [0.25, 0.3) is 0 Å². The predicted octanol–water partition coefficient (Wildman–Crippen LogP) is -12.0. The molecule has 4 radical (unpaired) electrons. The van der Waals surface area contributed by atoms with Gasteiger partial charge in [-0.25, -0.2) is 0 Å². The molecule has 0 saturated heterocycles. The molecule has 28 N–H and O–H groups in total. The zero-order valence-corrected chi connectivity index (χ0v) is 20.9. The Morgan fingerprint density at radius 1 is 0.375 bits per heavy atom. The van der Waals surface area contributed by atoms with E-state index >= 15 is 0 Å². The van der Waals surface area contributed by atoms with Crippen LogP contribution >= 0.6 is 0 Å². The van der Waals surface area contributed by atoms with Crippen LogP contribution < -0.4 is 0 Å². The Morgan fingerprint density at radius 2 is 0.375 bits per heavy atom. The molecule has 0 amide bonds. The van der Waals surface area contributed by atoms with Crippen LogP contribution in [0, 0.1) is 0 Å². The molecule has 0 spiro atoms. The molecule has 0 aliphatic rings. The molecule has 0 aliphatic heterocycles. The standard InChI is InChI=1S/Al.Cs.2H2O4S.12H2O/c;;2*1-5(2,3)4;;;;;;;;;;;;/h;;2*(H2,1,2,3,4);12*1H2. The van der Waals surface area contributed by atoms with E-state index in [1.165, 1.54) is 0 Å². The summed E-state index contributed by atoms with van der Waals surface area (Å²) in [5.74, 6) is 0. The Kier molecular flexibility index (Phi) is 505. The summed E-state index contributed by atoms with van der Waals surface area (Å²) in [5, 5.41) is 0. The number of rotatable bonds is 0. The fourth-order valence-electron chi connectivity index (χ4n) is 0. The van der Waals surface area contributed by atoms with Crippen LogP contribution in [0.4, 0.5) is 0 Å². The maximum Gasteiger partial charge on any atom is 0.394 e. The van der Waals surface area contributed by atoms with Crippen molar-refractivity contribution in [3.05, 3.63) is 0 Å². The fourth-order valence-corrected chi connectivity index (χ4v) is 0. The summed E-state index contributed by atoms with van der Waals surface area (Å²) in [6, 6.07) is 0. The van der Waals surface area contributed by atoms with Gasteiger partial charge in [-0.15, -0.1) is 0 Å². The van der Waals surface area contributed by atoms with Gasteiger partial charge in [-0.1, -0.05) is 0 Å². The molecule has 24 heavy (non-hydrogen) atoms. The van der Waals surface area contributed by atoms with E-state index in [-0.39, 0.29) is 152 Å². The fraction of sp³-hybridized carbons (Fsp3) is 0. The molecule has 0 aromatic carbocycles. The summed E-state index contributed by atoms with van der Waals surface area (Å²) < 4.78 is 63.2. The molecule has 164 valence electrons. The van der Waals surface area contributed by atoms with Crippen LogP contribution in [0.1, 0.15) is 0 Å². The molecule has 0 rings (SSSR count). The third-order valence-electron chi connectivity index (χ3n) is 0. The SMILES string of the molecule is O.O.O.O.O.O.O.O.O.O.O.O.O=S(=O)(O)O.O=S(=O)(O)O.[Al].[Cs]. The van der Waals surface area contributed by atoms with E-state index in [1.807, 2.05) is 0 Å². The van der Waals surface area contributed by atoms with Crippen LogP contribution in [0.2, 0.25) is 0 Å². The minimum absolute atomic E-state index is 0. The van der Waals surface area contributed by atoms with E-state index in [4.69, 9.17) is 35.0 Å². The van der Waals surface area contributed by atoms with Gasteiger partial charge in [0.15, 0.2) is 0 Å². The zero-order chi connectivity index (χ0) is 9.00. The van der Waals surface area contributed by atoms with Crippen LogP contribution in [-0.2, 0) is 20.8 Å². The molecular formula is H28AlCsO20S2. The van der Waals surface area contributed by atoms with Crippen molar-refractivity contribution >= 4 is 107 Å². The van der Waals surface area contributed by atoms with Gasteiger partial charge in [0.1, 0.15) is 0 Å². The minimum atomic E-state index is -4.67. The van der Waals surface area contributed by atoms with Crippen LogP contribution in [0.5, 0.6) is 0 Å². The molecule has 0 bridgehead atoms. The first-order valence-corrected chi connectivity index (χ1v) is 4.19. The zero-order valence-electron chi connectivity index (χ0n) is 11.8. The molecule has 24 heteroatoms. The third-order valence-corrected chi connectivity index (χ3v) is 0. The van der Waals surface area contributed by atoms with E-state index < -0.39 is 20.8 Å². The van der Waals surface area contributed by atoms with E-state index in [1.54, 1.807) is 0 Å². The Labute approximate surface area is 205 Å². The van der Waals surface area contributed by atoms with E-state index in [0.29, 0.717) is 0 Å². The average Bonchev–Trinajstić information content (AvgIpc) is 1.12. The molecule has 0 aliphatic carbocycles. The van der Waals surface area contributed by atoms with Gasteiger partial charge in [-0.2, -0.15) is 16.8 Å². The average molecular weight is 572 g/mol. The number of hydrogen-bond donors (Lipinski definition) is 4. The van der Waals surface area contributed by atoms with E-state index in [0.717, 1.165) is 0 Å². The predicted molar refractivity (Wildman–Crippen MR) is 83.2 cm³/mol. The Hall–Kier alpha value is 1.84. The second-order valence-electron chi connectivity index (χ2n) is 0.896. The molecule has 20 nitrogen and oxygen atoms in total. The molecule has 0 aromatic heterocycles. The quantitative estimate of drug-likeness (QED) is 0.159. The second kappa shape index (κ2) is 73.7. The molecule has 0 fully saturated rings. The molecule has 0 unspecified atom stereocenters. The van der Waals surface area contributed by atoms with Crippen LogP contribution in [0.3, 0.4) is 0 Å². The van der Waals surface area contributed by atoms with Crippen molar-refractivity contribution in [3.63, 3.8) is 0 Å². The van der Waals surface area contributed by atoms with E-state index in [2.05, 4.69) is 0 Å². The van der Waals surface area contributed by atoms with Crippen LogP contribution in [-0.4, -0.2) is 187 Å². The van der Waals surface area contributed by atoms with Gasteiger partial charge < -0.3 is 65.7 Å². The summed E-state index contributed by atoms with van der Waals surface area (Å²) in [7, 11) is -9.33. The van der Waals surface area contributed by atoms with Gasteiger partial charge in [0, 0.05) is 86.3 Å². The first-order chi connectivity index (χ1) is 4.00. The van der Waals surface area contributed by atoms with Gasteiger partial charge in [0.05, 0.1) is 0 Å². The first kappa shape index (κ1) is 165. The molecule has 0 aromatic rings. The van der Waals surface area contributed by atoms with Gasteiger partial charge >= 0.3 is 20.8 Å². The summed E-state index contributed by atoms with van der Waals surface area (Å²) >= 11 is 0. The Morgan fingerprint density at radius 3 is 0.375 bits per heavy atom. The van der Waals surface area contributed by atoms with Crippen molar-refractivity contribution in [2.75, 3.05) is 0 Å². The van der Waals surface area contributed by atoms with Gasteiger partial charge in [-0.3, -0.25) is 18.2 Å². The summed E-state index contributed by atoms with van der Waals surface area (Å²) in [6.45, 7) is 0. The van der Waals surface area contributed by atoms with Gasteiger partial charge in [0.2, 0.25) is 0 Å². The smallest absolute Gasteiger partial charge is 0.394 e. The van der Waals surface area contributed by atoms with Crippen LogP contribution in [0.25, 0.3) is 0 Å². The maximum absolute atomic E-state index is 8.74. The van der Waals surface area contributed by atoms with Crippen molar-refractivity contribution in [1.29, 1.82) is 0 Å². The largest absolute Gasteiger partial charge is 0.412 e. The molecule has 0 heterocycles. The molecule has 0 saturated carbocycles. The summed E-state index contributed by atoms with van der Waals surface area (Å²) in [4.78, 5) is 0. The van der Waals surface area contributed by atoms with Crippen LogP contribution in [0.15, 0.2) is 0 Å². The Balaban J connectivity index is -0.00000000241.